The number of benzene rings is 9. The van der Waals surface area contributed by atoms with Gasteiger partial charge in [-0.15, -0.1) is 0 Å². The van der Waals surface area contributed by atoms with Gasteiger partial charge < -0.3 is 9.13 Å². The summed E-state index contributed by atoms with van der Waals surface area (Å²) in [5.74, 6) is 1.12. The molecule has 0 aliphatic carbocycles. The summed E-state index contributed by atoms with van der Waals surface area (Å²) in [5, 5.41) is 4.86. The summed E-state index contributed by atoms with van der Waals surface area (Å²) in [6.07, 6.45) is 0. The zero-order valence-electron chi connectivity index (χ0n) is 34.5. The molecule has 0 aliphatic rings. The molecule has 0 atom stereocenters. The molecule has 11 aromatic rings. The number of hydrogen-bond acceptors (Lipinski definition) is 1. The third-order valence-electron chi connectivity index (χ3n) is 11.9. The molecular formula is C58H41N5. The van der Waals surface area contributed by atoms with Crippen molar-refractivity contribution in [3.63, 3.8) is 0 Å². The van der Waals surface area contributed by atoms with Crippen molar-refractivity contribution in [2.24, 2.45) is 15.0 Å². The van der Waals surface area contributed by atoms with Crippen LogP contribution in [0.15, 0.2) is 239 Å². The van der Waals surface area contributed by atoms with Crippen LogP contribution >= 0.6 is 0 Å². The summed E-state index contributed by atoms with van der Waals surface area (Å²) in [6, 6.07) is 79.2. The Morgan fingerprint density at radius 2 is 0.968 bits per heavy atom. The normalized spacial score (nSPS) is 12.1. The summed E-state index contributed by atoms with van der Waals surface area (Å²) in [6.45, 7) is 4.36. The first-order valence-electron chi connectivity index (χ1n) is 21.2. The molecule has 0 radical (unpaired) electrons. The van der Waals surface area contributed by atoms with Gasteiger partial charge in [-0.05, 0) is 89.1 Å². The molecule has 0 bridgehead atoms. The fraction of sp³-hybridized carbons (Fsp3) is 0.0172. The van der Waals surface area contributed by atoms with Gasteiger partial charge in [-0.25, -0.2) is 9.98 Å². The topological polar surface area (TPSA) is 46.9 Å². The highest BCUT2D eigenvalue weighted by Gasteiger charge is 2.18. The van der Waals surface area contributed by atoms with E-state index in [2.05, 4.69) is 197 Å². The number of amidine groups is 2. The van der Waals surface area contributed by atoms with E-state index in [0.29, 0.717) is 18.2 Å². The summed E-state index contributed by atoms with van der Waals surface area (Å²) in [7, 11) is 0. The number of aromatic nitrogens is 2. The number of hydrogen-bond donors (Lipinski definition) is 0. The van der Waals surface area contributed by atoms with Crippen LogP contribution in [0.1, 0.15) is 16.7 Å². The van der Waals surface area contributed by atoms with Crippen molar-refractivity contribution in [3.8, 4) is 33.6 Å². The Balaban J connectivity index is 1.03. The molecule has 0 N–H and O–H groups in total. The van der Waals surface area contributed by atoms with Gasteiger partial charge in [-0.1, -0.05) is 170 Å². The van der Waals surface area contributed by atoms with Gasteiger partial charge in [0, 0.05) is 44.0 Å². The Hall–Kier alpha value is -8.41. The van der Waals surface area contributed by atoms with Gasteiger partial charge in [0.15, 0.2) is 11.7 Å². The first kappa shape index (κ1) is 37.6. The van der Waals surface area contributed by atoms with Gasteiger partial charge in [-0.2, -0.15) is 0 Å². The van der Waals surface area contributed by atoms with Crippen molar-refractivity contribution in [3.05, 3.63) is 241 Å². The quantitative estimate of drug-likeness (QED) is 0.108. The van der Waals surface area contributed by atoms with E-state index in [4.69, 9.17) is 9.98 Å². The van der Waals surface area contributed by atoms with Gasteiger partial charge >= 0.3 is 0 Å². The molecule has 63 heavy (non-hydrogen) atoms. The molecule has 5 nitrogen and oxygen atoms in total. The van der Waals surface area contributed by atoms with Crippen LogP contribution in [-0.2, 0) is 6.54 Å². The molecule has 9 aromatic carbocycles. The molecule has 2 aromatic heterocycles. The number of aliphatic imine (C=N–C) groups is 3. The van der Waals surface area contributed by atoms with Crippen molar-refractivity contribution < 1.29 is 0 Å². The SMILES string of the molecule is C=NC(=NC(=NCc1ccccc1)c1cccc(-c2cccc3c2c2ccccc2n3-c2cccc(-c3ccc4c5ccccc5n(-c5ccccc5)c4c3)c2)c1)c1ccccc1. The van der Waals surface area contributed by atoms with Gasteiger partial charge in [0.2, 0.25) is 0 Å². The predicted octanol–water partition coefficient (Wildman–Crippen LogP) is 14.3. The molecule has 5 heteroatoms. The third-order valence-corrected chi connectivity index (χ3v) is 11.9. The van der Waals surface area contributed by atoms with E-state index in [1.165, 1.54) is 32.6 Å². The molecule has 0 saturated carbocycles. The van der Waals surface area contributed by atoms with Crippen LogP contribution in [0.2, 0.25) is 0 Å². The van der Waals surface area contributed by atoms with E-state index < -0.39 is 0 Å². The Morgan fingerprint density at radius 3 is 1.76 bits per heavy atom. The lowest BCUT2D eigenvalue weighted by molar-refractivity contribution is 1.06. The molecule has 298 valence electrons. The second kappa shape index (κ2) is 16.2. The fourth-order valence-corrected chi connectivity index (χ4v) is 9.01. The van der Waals surface area contributed by atoms with Crippen molar-refractivity contribution >= 4 is 62.0 Å². The molecule has 0 amide bonds. The second-order valence-electron chi connectivity index (χ2n) is 15.7. The van der Waals surface area contributed by atoms with Gasteiger partial charge in [0.1, 0.15) is 0 Å². The number of rotatable bonds is 8. The number of para-hydroxylation sites is 3. The minimum absolute atomic E-state index is 0.482. The summed E-state index contributed by atoms with van der Waals surface area (Å²) >= 11 is 0. The maximum absolute atomic E-state index is 5.09. The summed E-state index contributed by atoms with van der Waals surface area (Å²) in [5.41, 5.74) is 14.3. The zero-order valence-corrected chi connectivity index (χ0v) is 34.5. The molecule has 11 rings (SSSR count). The minimum atomic E-state index is 0.482. The molecule has 0 fully saturated rings. The average Bonchev–Trinajstić information content (AvgIpc) is 3.88. The van der Waals surface area contributed by atoms with Gasteiger partial charge in [-0.3, -0.25) is 4.99 Å². The lowest BCUT2D eigenvalue weighted by atomic mass is 9.97. The monoisotopic (exact) mass is 807 g/mol. The Morgan fingerprint density at radius 1 is 0.397 bits per heavy atom. The van der Waals surface area contributed by atoms with E-state index in [9.17, 15) is 0 Å². The maximum Gasteiger partial charge on any atom is 0.161 e. The predicted molar refractivity (Wildman–Crippen MR) is 265 cm³/mol. The molecule has 0 saturated heterocycles. The van der Waals surface area contributed by atoms with Crippen LogP contribution in [0.3, 0.4) is 0 Å². The number of nitrogens with zero attached hydrogens (tertiary/aromatic N) is 5. The van der Waals surface area contributed by atoms with Crippen LogP contribution in [0, 0.1) is 0 Å². The number of fused-ring (bicyclic) bond motifs is 6. The highest BCUT2D eigenvalue weighted by atomic mass is 15.0. The van der Waals surface area contributed by atoms with Gasteiger partial charge in [0.05, 0.1) is 28.6 Å². The van der Waals surface area contributed by atoms with Crippen molar-refractivity contribution in [2.45, 2.75) is 6.54 Å². The fourth-order valence-electron chi connectivity index (χ4n) is 9.01. The summed E-state index contributed by atoms with van der Waals surface area (Å²) < 4.78 is 4.78. The average molecular weight is 808 g/mol. The molecular weight excluding hydrogens is 767 g/mol. The van der Waals surface area contributed by atoms with Crippen LogP contribution in [0.25, 0.3) is 77.2 Å². The lowest BCUT2D eigenvalue weighted by Gasteiger charge is -2.12. The van der Waals surface area contributed by atoms with Crippen molar-refractivity contribution in [1.29, 1.82) is 0 Å². The molecule has 0 unspecified atom stereocenters. The second-order valence-corrected chi connectivity index (χ2v) is 15.7. The van der Waals surface area contributed by atoms with Crippen molar-refractivity contribution in [2.75, 3.05) is 0 Å². The highest BCUT2D eigenvalue weighted by molar-refractivity contribution is 6.17. The molecule has 2 heterocycles. The largest absolute Gasteiger partial charge is 0.309 e. The lowest BCUT2D eigenvalue weighted by Crippen LogP contribution is -2.05. The van der Waals surface area contributed by atoms with E-state index in [1.54, 1.807) is 0 Å². The minimum Gasteiger partial charge on any atom is -0.309 e. The van der Waals surface area contributed by atoms with E-state index in [-0.39, 0.29) is 0 Å². The zero-order chi connectivity index (χ0) is 42.1. The van der Waals surface area contributed by atoms with Crippen LogP contribution < -0.4 is 0 Å². The Kier molecular flexibility index (Phi) is 9.68. The maximum atomic E-state index is 5.09. The highest BCUT2D eigenvalue weighted by Crippen LogP contribution is 2.40. The Bertz CT molecular complexity index is 3540. The van der Waals surface area contributed by atoms with Crippen molar-refractivity contribution in [1.82, 2.24) is 9.13 Å². The third kappa shape index (κ3) is 6.92. The van der Waals surface area contributed by atoms with Crippen LogP contribution in [0.5, 0.6) is 0 Å². The smallest absolute Gasteiger partial charge is 0.161 e. The standard InChI is InChI=1S/C58H41N5/c1-59-57(41-20-7-3-8-21-41)61-58(60-39-40-18-5-2-6-19-40)45-24-15-23-44(36-45)48-30-17-33-54-56(48)51-29-12-14-32-53(51)63(54)47-27-16-22-42(37-47)43-34-35-50-49-28-11-13-31-52(49)62(55(50)38-43)46-25-9-4-10-26-46/h2-38H,1,39H2. The summed E-state index contributed by atoms with van der Waals surface area (Å²) in [4.78, 5) is 14.5. The van der Waals surface area contributed by atoms with E-state index in [1.807, 2.05) is 48.5 Å². The Labute approximate surface area is 365 Å². The van der Waals surface area contributed by atoms with Crippen LogP contribution in [-0.4, -0.2) is 27.5 Å². The first-order valence-corrected chi connectivity index (χ1v) is 21.2. The van der Waals surface area contributed by atoms with Crippen LogP contribution in [0.4, 0.5) is 0 Å². The van der Waals surface area contributed by atoms with Gasteiger partial charge in [0.25, 0.3) is 0 Å². The first-order chi connectivity index (χ1) is 31.2. The van der Waals surface area contributed by atoms with E-state index >= 15 is 0 Å². The molecule has 0 spiro atoms. The van der Waals surface area contributed by atoms with E-state index in [0.717, 1.165) is 61.4 Å². The molecule has 0 aliphatic heterocycles.